The fourth-order valence-electron chi connectivity index (χ4n) is 1.83. The predicted octanol–water partition coefficient (Wildman–Crippen LogP) is 2.22. The van der Waals surface area contributed by atoms with Gasteiger partial charge in [0.1, 0.15) is 11.4 Å². The molecule has 0 bridgehead atoms. The average Bonchev–Trinajstić information content (AvgIpc) is 2.67. The molecule has 1 rings (SSSR count). The maximum absolute atomic E-state index is 11.0. The first-order valence-corrected chi connectivity index (χ1v) is 5.75. The maximum atomic E-state index is 11.0. The van der Waals surface area contributed by atoms with Crippen LogP contribution in [0, 0.1) is 21.4 Å². The molecule has 1 aromatic heterocycles. The summed E-state index contributed by atoms with van der Waals surface area (Å²) in [6.07, 6.45) is 2.24. The first kappa shape index (κ1) is 13.2. The van der Waals surface area contributed by atoms with Gasteiger partial charge in [-0.2, -0.15) is 10.4 Å². The summed E-state index contributed by atoms with van der Waals surface area (Å²) in [6.45, 7) is 4.30. The van der Waals surface area contributed by atoms with Crippen LogP contribution in [-0.2, 0) is 19.4 Å². The van der Waals surface area contributed by atoms with Crippen molar-refractivity contribution < 1.29 is 4.92 Å². The van der Waals surface area contributed by atoms with Gasteiger partial charge in [0.15, 0.2) is 0 Å². The summed E-state index contributed by atoms with van der Waals surface area (Å²) in [5.41, 5.74) is 1.33. The molecular weight excluding hydrogens is 220 g/mol. The number of hydrogen-bond donors (Lipinski definition) is 0. The number of nitrogens with zero attached hydrogens (tertiary/aromatic N) is 4. The van der Waals surface area contributed by atoms with E-state index in [2.05, 4.69) is 11.2 Å². The van der Waals surface area contributed by atoms with E-state index in [4.69, 9.17) is 5.26 Å². The van der Waals surface area contributed by atoms with Gasteiger partial charge in [0.05, 0.1) is 11.0 Å². The van der Waals surface area contributed by atoms with Crippen LogP contribution in [0.2, 0.25) is 0 Å². The molecule has 0 aliphatic heterocycles. The summed E-state index contributed by atoms with van der Waals surface area (Å²) >= 11 is 0. The Hall–Kier alpha value is -1.90. The molecule has 17 heavy (non-hydrogen) atoms. The molecule has 0 spiro atoms. The molecule has 1 aromatic rings. The molecule has 0 saturated carbocycles. The van der Waals surface area contributed by atoms with Crippen molar-refractivity contribution in [3.05, 3.63) is 21.5 Å². The van der Waals surface area contributed by atoms with Crippen molar-refractivity contribution in [3.63, 3.8) is 0 Å². The topological polar surface area (TPSA) is 84.8 Å². The molecule has 0 aliphatic rings. The molecular formula is C11H16N4O2. The van der Waals surface area contributed by atoms with Gasteiger partial charge in [0.2, 0.25) is 0 Å². The van der Waals surface area contributed by atoms with E-state index in [0.717, 1.165) is 0 Å². The second-order valence-corrected chi connectivity index (χ2v) is 3.69. The van der Waals surface area contributed by atoms with Gasteiger partial charge in [-0.15, -0.1) is 0 Å². The monoisotopic (exact) mass is 236 g/mol. The minimum absolute atomic E-state index is 0.145. The third-order valence-electron chi connectivity index (χ3n) is 2.61. The number of aromatic nitrogens is 2. The Morgan fingerprint density at radius 3 is 2.65 bits per heavy atom. The Labute approximate surface area is 100 Å². The molecule has 6 heteroatoms. The van der Waals surface area contributed by atoms with E-state index in [-0.39, 0.29) is 10.6 Å². The van der Waals surface area contributed by atoms with Crippen LogP contribution in [0.4, 0.5) is 5.69 Å². The number of unbranched alkanes of at least 4 members (excludes halogenated alkanes) is 1. The lowest BCUT2D eigenvalue weighted by atomic mass is 10.2. The fourth-order valence-corrected chi connectivity index (χ4v) is 1.83. The number of aryl methyl sites for hydroxylation is 2. The van der Waals surface area contributed by atoms with Gasteiger partial charge in [-0.3, -0.25) is 14.8 Å². The van der Waals surface area contributed by atoms with Gasteiger partial charge < -0.3 is 0 Å². The second-order valence-electron chi connectivity index (χ2n) is 3.69. The van der Waals surface area contributed by atoms with Gasteiger partial charge in [0.25, 0.3) is 0 Å². The largest absolute Gasteiger partial charge is 0.313 e. The molecule has 0 radical (unpaired) electrons. The molecule has 0 amide bonds. The Morgan fingerprint density at radius 2 is 2.18 bits per heavy atom. The SMILES string of the molecule is CCc1nn(CCCC#N)c(CC)c1[N+](=O)[O-]. The summed E-state index contributed by atoms with van der Waals surface area (Å²) in [5, 5.41) is 23.7. The summed E-state index contributed by atoms with van der Waals surface area (Å²) in [7, 11) is 0. The van der Waals surface area contributed by atoms with Gasteiger partial charge in [-0.05, 0) is 19.3 Å². The lowest BCUT2D eigenvalue weighted by Gasteiger charge is -2.02. The lowest BCUT2D eigenvalue weighted by molar-refractivity contribution is -0.386. The smallest absolute Gasteiger partial charge is 0.262 e. The van der Waals surface area contributed by atoms with Crippen molar-refractivity contribution in [2.24, 2.45) is 0 Å². The highest BCUT2D eigenvalue weighted by atomic mass is 16.6. The van der Waals surface area contributed by atoms with E-state index in [1.54, 1.807) is 4.68 Å². The van der Waals surface area contributed by atoms with Crippen molar-refractivity contribution in [2.75, 3.05) is 0 Å². The van der Waals surface area contributed by atoms with Crippen LogP contribution in [-0.4, -0.2) is 14.7 Å². The molecule has 6 nitrogen and oxygen atoms in total. The molecule has 1 heterocycles. The Kier molecular flexibility index (Phi) is 4.64. The zero-order valence-electron chi connectivity index (χ0n) is 10.1. The average molecular weight is 236 g/mol. The quantitative estimate of drug-likeness (QED) is 0.430. The Bertz CT molecular complexity index is 445. The summed E-state index contributed by atoms with van der Waals surface area (Å²) in [4.78, 5) is 10.6. The minimum atomic E-state index is -0.356. The second kappa shape index (κ2) is 5.99. The van der Waals surface area contributed by atoms with E-state index >= 15 is 0 Å². The van der Waals surface area contributed by atoms with Crippen LogP contribution in [0.15, 0.2) is 0 Å². The van der Waals surface area contributed by atoms with Gasteiger partial charge in [0, 0.05) is 13.0 Å². The molecule has 92 valence electrons. The first-order valence-electron chi connectivity index (χ1n) is 5.75. The number of rotatable bonds is 6. The normalized spacial score (nSPS) is 10.2. The Balaban J connectivity index is 3.05. The number of nitriles is 1. The van der Waals surface area contributed by atoms with Crippen molar-refractivity contribution >= 4 is 5.69 Å². The lowest BCUT2D eigenvalue weighted by Crippen LogP contribution is -2.05. The number of hydrogen-bond acceptors (Lipinski definition) is 4. The van der Waals surface area contributed by atoms with Crippen LogP contribution < -0.4 is 0 Å². The van der Waals surface area contributed by atoms with Crippen LogP contribution in [0.3, 0.4) is 0 Å². The van der Waals surface area contributed by atoms with Crippen LogP contribution in [0.5, 0.6) is 0 Å². The van der Waals surface area contributed by atoms with Gasteiger partial charge in [-0.1, -0.05) is 13.8 Å². The van der Waals surface area contributed by atoms with E-state index < -0.39 is 0 Å². The van der Waals surface area contributed by atoms with E-state index in [1.807, 2.05) is 13.8 Å². The number of nitro groups is 1. The van der Waals surface area contributed by atoms with Crippen LogP contribution >= 0.6 is 0 Å². The van der Waals surface area contributed by atoms with Gasteiger partial charge >= 0.3 is 5.69 Å². The molecule has 0 aromatic carbocycles. The summed E-state index contributed by atoms with van der Waals surface area (Å²) in [6, 6.07) is 2.06. The molecule has 0 fully saturated rings. The van der Waals surface area contributed by atoms with E-state index in [0.29, 0.717) is 43.6 Å². The third kappa shape index (κ3) is 2.81. The fraction of sp³-hybridized carbons (Fsp3) is 0.636. The maximum Gasteiger partial charge on any atom is 0.313 e. The molecule has 0 atom stereocenters. The molecule has 0 unspecified atom stereocenters. The zero-order chi connectivity index (χ0) is 12.8. The predicted molar refractivity (Wildman–Crippen MR) is 62.5 cm³/mol. The third-order valence-corrected chi connectivity index (χ3v) is 2.61. The molecule has 0 aliphatic carbocycles. The highest BCUT2D eigenvalue weighted by Crippen LogP contribution is 2.24. The standard InChI is InChI=1S/C11H16N4O2/c1-3-9-11(15(16)17)10(4-2)14(13-9)8-6-5-7-12/h3-6,8H2,1-2H3. The Morgan fingerprint density at radius 1 is 1.47 bits per heavy atom. The molecule has 0 N–H and O–H groups in total. The van der Waals surface area contributed by atoms with Gasteiger partial charge in [-0.25, -0.2) is 0 Å². The van der Waals surface area contributed by atoms with Crippen molar-refractivity contribution in [2.45, 2.75) is 46.1 Å². The first-order chi connectivity index (χ1) is 8.15. The highest BCUT2D eigenvalue weighted by Gasteiger charge is 2.24. The van der Waals surface area contributed by atoms with Crippen molar-refractivity contribution in [3.8, 4) is 6.07 Å². The van der Waals surface area contributed by atoms with Crippen LogP contribution in [0.1, 0.15) is 38.1 Å². The summed E-state index contributed by atoms with van der Waals surface area (Å²) in [5.74, 6) is 0. The highest BCUT2D eigenvalue weighted by molar-refractivity contribution is 5.41. The van der Waals surface area contributed by atoms with E-state index in [9.17, 15) is 10.1 Å². The minimum Gasteiger partial charge on any atom is -0.262 e. The zero-order valence-corrected chi connectivity index (χ0v) is 10.1. The molecule has 0 saturated heterocycles. The van der Waals surface area contributed by atoms with E-state index in [1.165, 1.54) is 0 Å². The van der Waals surface area contributed by atoms with Crippen molar-refractivity contribution in [1.82, 2.24) is 9.78 Å². The van der Waals surface area contributed by atoms with Crippen molar-refractivity contribution in [1.29, 1.82) is 5.26 Å². The van der Waals surface area contributed by atoms with Crippen LogP contribution in [0.25, 0.3) is 0 Å². The summed E-state index contributed by atoms with van der Waals surface area (Å²) < 4.78 is 1.67.